The predicted molar refractivity (Wildman–Crippen MR) is 188 cm³/mol. The van der Waals surface area contributed by atoms with Crippen LogP contribution in [0.1, 0.15) is 15.9 Å². The van der Waals surface area contributed by atoms with Gasteiger partial charge in [-0.25, -0.2) is 4.98 Å². The normalized spacial score (nSPS) is 11.0. The Kier molecular flexibility index (Phi) is 11.3. The van der Waals surface area contributed by atoms with E-state index in [-0.39, 0.29) is 17.4 Å². The molecule has 9 nitrogen and oxygen atoms in total. The van der Waals surface area contributed by atoms with Gasteiger partial charge in [0.1, 0.15) is 5.70 Å². The lowest BCUT2D eigenvalue weighted by atomic mass is 10.1. The number of hydrogen-bond donors (Lipinski definition) is 3. The molecule has 0 atom stereocenters. The number of halogens is 1. The van der Waals surface area contributed by atoms with E-state index in [9.17, 15) is 14.4 Å². The van der Waals surface area contributed by atoms with Crippen molar-refractivity contribution in [2.75, 3.05) is 30.6 Å². The van der Waals surface area contributed by atoms with Gasteiger partial charge in [-0.1, -0.05) is 60.1 Å². The number of thiazole rings is 1. The number of carbonyl (C=O) groups is 3. The van der Waals surface area contributed by atoms with Crippen molar-refractivity contribution in [3.05, 3.63) is 124 Å². The zero-order valence-corrected chi connectivity index (χ0v) is 27.7. The third-order valence-electron chi connectivity index (χ3n) is 6.61. The van der Waals surface area contributed by atoms with Gasteiger partial charge in [-0.05, 0) is 60.2 Å². The molecule has 238 valence electrons. The van der Waals surface area contributed by atoms with Crippen LogP contribution in [0.25, 0.3) is 17.3 Å². The van der Waals surface area contributed by atoms with Crippen molar-refractivity contribution in [3.8, 4) is 22.8 Å². The Labute approximate surface area is 285 Å². The molecule has 0 unspecified atom stereocenters. The molecule has 0 saturated heterocycles. The van der Waals surface area contributed by atoms with Gasteiger partial charge in [-0.3, -0.25) is 14.4 Å². The fourth-order valence-electron chi connectivity index (χ4n) is 4.34. The van der Waals surface area contributed by atoms with E-state index in [2.05, 4.69) is 20.9 Å². The molecule has 0 aliphatic heterocycles. The number of nitrogens with zero attached hydrogens (tertiary/aromatic N) is 1. The second kappa shape index (κ2) is 15.9. The number of methoxy groups -OCH3 is 2. The smallest absolute Gasteiger partial charge is 0.272 e. The third-order valence-corrected chi connectivity index (χ3v) is 8.69. The van der Waals surface area contributed by atoms with Gasteiger partial charge in [0, 0.05) is 32.1 Å². The number of amides is 3. The minimum atomic E-state index is -0.540. The maximum atomic E-state index is 13.5. The number of anilines is 2. The highest BCUT2D eigenvalue weighted by Crippen LogP contribution is 2.31. The quantitative estimate of drug-likeness (QED) is 0.0914. The van der Waals surface area contributed by atoms with Gasteiger partial charge in [-0.15, -0.1) is 23.1 Å². The van der Waals surface area contributed by atoms with Crippen LogP contribution < -0.4 is 25.4 Å². The largest absolute Gasteiger partial charge is 0.493 e. The average molecular weight is 685 g/mol. The standard InChI is InChI=1S/C35H29ClN4O5S2/c1-44-30-16-15-22(18-31(30)45-2)17-28(38-33(42)23-9-4-3-5-10-23)34(43)37-24-11-8-12-25(19-24)46-21-32(41)40-35-39-29(20-47-35)26-13-6-7-14-27(26)36/h3-20H,21H2,1-2H3,(H,37,43)(H,38,42)(H,39,40,41)/b28-17+. The minimum absolute atomic E-state index is 0.0168. The van der Waals surface area contributed by atoms with Crippen LogP contribution in [0.5, 0.6) is 11.5 Å². The van der Waals surface area contributed by atoms with Crippen molar-refractivity contribution < 1.29 is 23.9 Å². The van der Waals surface area contributed by atoms with Crippen molar-refractivity contribution in [2.24, 2.45) is 0 Å². The van der Waals surface area contributed by atoms with Crippen LogP contribution in [-0.2, 0) is 9.59 Å². The lowest BCUT2D eigenvalue weighted by molar-refractivity contribution is -0.114. The summed E-state index contributed by atoms with van der Waals surface area (Å²) in [6.07, 6.45) is 1.55. The number of nitrogens with one attached hydrogen (secondary N) is 3. The molecule has 3 amide bonds. The molecule has 47 heavy (non-hydrogen) atoms. The van der Waals surface area contributed by atoms with Crippen LogP contribution in [0, 0.1) is 0 Å². The molecule has 0 radical (unpaired) electrons. The van der Waals surface area contributed by atoms with Gasteiger partial charge in [0.15, 0.2) is 16.6 Å². The second-order valence-corrected chi connectivity index (χ2v) is 12.1. The van der Waals surface area contributed by atoms with Crippen molar-refractivity contribution in [1.29, 1.82) is 0 Å². The first-order valence-electron chi connectivity index (χ1n) is 14.2. The van der Waals surface area contributed by atoms with Gasteiger partial charge < -0.3 is 25.4 Å². The molecule has 1 aromatic heterocycles. The maximum Gasteiger partial charge on any atom is 0.272 e. The van der Waals surface area contributed by atoms with E-state index in [0.29, 0.717) is 44.2 Å². The van der Waals surface area contributed by atoms with Crippen molar-refractivity contribution in [1.82, 2.24) is 10.3 Å². The summed E-state index contributed by atoms with van der Waals surface area (Å²) < 4.78 is 10.7. The summed E-state index contributed by atoms with van der Waals surface area (Å²) in [5.41, 5.74) is 2.98. The monoisotopic (exact) mass is 684 g/mol. The highest BCUT2D eigenvalue weighted by molar-refractivity contribution is 8.00. The first kappa shape index (κ1) is 33.3. The maximum absolute atomic E-state index is 13.5. The summed E-state index contributed by atoms with van der Waals surface area (Å²) in [4.78, 5) is 44.5. The van der Waals surface area contributed by atoms with E-state index < -0.39 is 11.8 Å². The minimum Gasteiger partial charge on any atom is -0.493 e. The highest BCUT2D eigenvalue weighted by Gasteiger charge is 2.17. The lowest BCUT2D eigenvalue weighted by Gasteiger charge is -2.13. The van der Waals surface area contributed by atoms with Gasteiger partial charge in [0.25, 0.3) is 11.8 Å². The molecular formula is C35H29ClN4O5S2. The van der Waals surface area contributed by atoms with Crippen molar-refractivity contribution in [3.63, 3.8) is 0 Å². The van der Waals surface area contributed by atoms with Crippen molar-refractivity contribution >= 4 is 69.3 Å². The zero-order chi connectivity index (χ0) is 33.2. The molecular weight excluding hydrogens is 656 g/mol. The molecule has 5 aromatic rings. The molecule has 3 N–H and O–H groups in total. The molecule has 0 spiro atoms. The Balaban J connectivity index is 1.26. The van der Waals surface area contributed by atoms with Crippen LogP contribution >= 0.6 is 34.7 Å². The number of benzene rings is 4. The number of carbonyl (C=O) groups excluding carboxylic acids is 3. The Morgan fingerprint density at radius 3 is 2.40 bits per heavy atom. The molecule has 4 aromatic carbocycles. The Morgan fingerprint density at radius 2 is 1.64 bits per heavy atom. The fraction of sp³-hybridized carbons (Fsp3) is 0.0857. The van der Waals surface area contributed by atoms with Crippen LogP contribution in [0.4, 0.5) is 10.8 Å². The predicted octanol–water partition coefficient (Wildman–Crippen LogP) is 7.62. The van der Waals surface area contributed by atoms with Gasteiger partial charge >= 0.3 is 0 Å². The summed E-state index contributed by atoms with van der Waals surface area (Å²) in [5, 5.41) is 11.3. The summed E-state index contributed by atoms with van der Waals surface area (Å²) in [5.74, 6) is -0.0893. The summed E-state index contributed by atoms with van der Waals surface area (Å²) in [6, 6.07) is 28.2. The number of ether oxygens (including phenoxy) is 2. The average Bonchev–Trinajstić information content (AvgIpc) is 3.55. The van der Waals surface area contributed by atoms with E-state index in [0.717, 1.165) is 10.5 Å². The van der Waals surface area contributed by atoms with Crippen LogP contribution in [0.2, 0.25) is 5.02 Å². The first-order chi connectivity index (χ1) is 22.8. The topological polar surface area (TPSA) is 119 Å². The van der Waals surface area contributed by atoms with E-state index in [1.165, 1.54) is 37.3 Å². The number of thioether (sulfide) groups is 1. The van der Waals surface area contributed by atoms with Crippen LogP contribution in [-0.4, -0.2) is 42.7 Å². The second-order valence-electron chi connectivity index (χ2n) is 9.83. The van der Waals surface area contributed by atoms with Gasteiger partial charge in [-0.2, -0.15) is 0 Å². The molecule has 12 heteroatoms. The molecule has 0 fully saturated rings. The molecule has 5 rings (SSSR count). The first-order valence-corrected chi connectivity index (χ1v) is 16.4. The number of hydrogen-bond acceptors (Lipinski definition) is 8. The van der Waals surface area contributed by atoms with E-state index >= 15 is 0 Å². The summed E-state index contributed by atoms with van der Waals surface area (Å²) >= 11 is 8.89. The Bertz CT molecular complexity index is 1930. The number of aromatic nitrogens is 1. The molecule has 0 aliphatic carbocycles. The summed E-state index contributed by atoms with van der Waals surface area (Å²) in [6.45, 7) is 0. The van der Waals surface area contributed by atoms with Crippen molar-refractivity contribution in [2.45, 2.75) is 4.90 Å². The number of rotatable bonds is 12. The molecule has 0 bridgehead atoms. The Hall–Kier alpha value is -5.10. The van der Waals surface area contributed by atoms with Crippen LogP contribution in [0.3, 0.4) is 0 Å². The molecule has 0 saturated carbocycles. The lowest BCUT2D eigenvalue weighted by Crippen LogP contribution is -2.30. The van der Waals surface area contributed by atoms with E-state index in [1.807, 2.05) is 29.6 Å². The Morgan fingerprint density at radius 1 is 0.872 bits per heavy atom. The highest BCUT2D eigenvalue weighted by atomic mass is 35.5. The molecule has 0 aliphatic rings. The van der Waals surface area contributed by atoms with E-state index in [4.69, 9.17) is 21.1 Å². The van der Waals surface area contributed by atoms with Gasteiger partial charge in [0.2, 0.25) is 5.91 Å². The van der Waals surface area contributed by atoms with Gasteiger partial charge in [0.05, 0.1) is 25.7 Å². The molecule has 1 heterocycles. The fourth-order valence-corrected chi connectivity index (χ4v) is 6.06. The zero-order valence-electron chi connectivity index (χ0n) is 25.3. The SMILES string of the molecule is COc1ccc(/C=C(/NC(=O)c2ccccc2)C(=O)Nc2cccc(SCC(=O)Nc3nc(-c4ccccc4Cl)cs3)c2)cc1OC. The third kappa shape index (κ3) is 9.01. The van der Waals surface area contributed by atoms with Crippen LogP contribution in [0.15, 0.2) is 113 Å². The van der Waals surface area contributed by atoms with E-state index in [1.54, 1.807) is 78.9 Å². The summed E-state index contributed by atoms with van der Waals surface area (Å²) in [7, 11) is 3.05.